The van der Waals surface area contributed by atoms with Crippen molar-refractivity contribution in [3.05, 3.63) is 34.2 Å². The van der Waals surface area contributed by atoms with Crippen molar-refractivity contribution in [2.45, 2.75) is 78.4 Å². The quantitative estimate of drug-likeness (QED) is 0.344. The van der Waals surface area contributed by atoms with Crippen LogP contribution in [0.1, 0.15) is 71.7 Å². The van der Waals surface area contributed by atoms with Gasteiger partial charge in [0.2, 0.25) is 0 Å². The van der Waals surface area contributed by atoms with Crippen LogP contribution in [-0.2, 0) is 9.47 Å². The molecule has 1 saturated heterocycles. The Balaban J connectivity index is 1.78. The smallest absolute Gasteiger partial charge is 0.421 e. The first-order valence-corrected chi connectivity index (χ1v) is 13.8. The molecule has 4 rings (SSSR count). The van der Waals surface area contributed by atoms with Gasteiger partial charge in [0.25, 0.3) is 0 Å². The van der Waals surface area contributed by atoms with Crippen LogP contribution in [-0.4, -0.2) is 60.3 Å². The van der Waals surface area contributed by atoms with E-state index in [0.29, 0.717) is 34.0 Å². The Bertz CT molecular complexity index is 1310. The lowest BCUT2D eigenvalue weighted by atomic mass is 9.94. The molecule has 0 aromatic carbocycles. The third-order valence-corrected chi connectivity index (χ3v) is 6.99. The minimum absolute atomic E-state index is 0.0458. The van der Waals surface area contributed by atoms with Gasteiger partial charge in [-0.1, -0.05) is 0 Å². The van der Waals surface area contributed by atoms with Crippen molar-refractivity contribution in [1.29, 1.82) is 0 Å². The van der Waals surface area contributed by atoms with Gasteiger partial charge in [0.1, 0.15) is 22.0 Å². The molecule has 1 aliphatic heterocycles. The zero-order valence-corrected chi connectivity index (χ0v) is 24.6. The van der Waals surface area contributed by atoms with E-state index in [1.165, 1.54) is 16.4 Å². The molecule has 10 nitrogen and oxygen atoms in total. The Hall–Kier alpha value is -2.73. The number of amides is 2. The number of carbonyl (C=O) groups is 2. The maximum atomic E-state index is 13.5. The fourth-order valence-electron chi connectivity index (χ4n) is 4.08. The van der Waals surface area contributed by atoms with E-state index in [9.17, 15) is 9.59 Å². The number of hydrogen-bond donors (Lipinski definition) is 0. The summed E-state index contributed by atoms with van der Waals surface area (Å²) in [5, 5.41) is 5.08. The Morgan fingerprint density at radius 3 is 2.46 bits per heavy atom. The molecule has 0 saturated carbocycles. The summed E-state index contributed by atoms with van der Waals surface area (Å²) in [6.45, 7) is 14.0. The average molecular weight is 594 g/mol. The van der Waals surface area contributed by atoms with Crippen LogP contribution in [0, 0.1) is 6.92 Å². The van der Waals surface area contributed by atoms with Crippen LogP contribution in [0.25, 0.3) is 5.65 Å². The molecule has 1 unspecified atom stereocenters. The summed E-state index contributed by atoms with van der Waals surface area (Å²) in [6, 6.07) is 3.69. The highest BCUT2D eigenvalue weighted by Gasteiger charge is 2.33. The SMILES string of the molecule is Cc1cc(N(C(=O)OC(C)(C)C)c2cc(C3CCCN(C(=O)OC(C)(C)C)C3)nc3c(Br)cnn23)sn1. The van der Waals surface area contributed by atoms with Gasteiger partial charge in [-0.25, -0.2) is 19.5 Å². The lowest BCUT2D eigenvalue weighted by molar-refractivity contribution is 0.0197. The molecular weight excluding hydrogens is 560 g/mol. The van der Waals surface area contributed by atoms with Gasteiger partial charge < -0.3 is 14.4 Å². The molecule has 1 fully saturated rings. The molecular formula is C25H33BrN6O4S. The van der Waals surface area contributed by atoms with E-state index < -0.39 is 17.3 Å². The Morgan fingerprint density at radius 1 is 1.14 bits per heavy atom. The number of hydrogen-bond acceptors (Lipinski definition) is 8. The van der Waals surface area contributed by atoms with E-state index in [1.54, 1.807) is 15.6 Å². The summed E-state index contributed by atoms with van der Waals surface area (Å²) >= 11 is 4.75. The van der Waals surface area contributed by atoms with Gasteiger partial charge >= 0.3 is 12.2 Å². The van der Waals surface area contributed by atoms with E-state index in [-0.39, 0.29) is 12.0 Å². The van der Waals surface area contributed by atoms with Crippen LogP contribution in [0.4, 0.5) is 20.4 Å². The Morgan fingerprint density at radius 2 is 1.84 bits per heavy atom. The fourth-order valence-corrected chi connectivity index (χ4v) is 5.19. The van der Waals surface area contributed by atoms with E-state index >= 15 is 0 Å². The third kappa shape index (κ3) is 6.40. The second kappa shape index (κ2) is 10.2. The number of ether oxygens (including phenoxy) is 2. The molecule has 200 valence electrons. The monoisotopic (exact) mass is 592 g/mol. The largest absolute Gasteiger partial charge is 0.444 e. The van der Waals surface area contributed by atoms with Gasteiger partial charge in [-0.15, -0.1) is 0 Å². The number of carbonyl (C=O) groups excluding carboxylic acids is 2. The zero-order valence-electron chi connectivity index (χ0n) is 22.2. The molecule has 3 aromatic rings. The molecule has 2 amide bonds. The number of nitrogens with zero attached hydrogens (tertiary/aromatic N) is 6. The van der Waals surface area contributed by atoms with E-state index in [2.05, 4.69) is 25.4 Å². The van der Waals surface area contributed by atoms with Crippen molar-refractivity contribution in [3.63, 3.8) is 0 Å². The number of anilines is 2. The highest BCUT2D eigenvalue weighted by Crippen LogP contribution is 2.36. The predicted molar refractivity (Wildman–Crippen MR) is 146 cm³/mol. The lowest BCUT2D eigenvalue weighted by Crippen LogP contribution is -2.42. The van der Waals surface area contributed by atoms with Gasteiger partial charge in [0.05, 0.1) is 22.1 Å². The van der Waals surface area contributed by atoms with Crippen LogP contribution < -0.4 is 4.90 Å². The number of rotatable bonds is 3. The topological polar surface area (TPSA) is 102 Å². The molecule has 0 N–H and O–H groups in total. The molecule has 12 heteroatoms. The van der Waals surface area contributed by atoms with Crippen molar-refractivity contribution >= 4 is 56.1 Å². The van der Waals surface area contributed by atoms with Gasteiger partial charge in [-0.3, -0.25) is 0 Å². The molecule has 0 aliphatic carbocycles. The predicted octanol–water partition coefficient (Wildman–Crippen LogP) is 6.44. The zero-order chi connectivity index (χ0) is 27.1. The minimum atomic E-state index is -0.702. The highest BCUT2D eigenvalue weighted by atomic mass is 79.9. The molecule has 0 bridgehead atoms. The molecule has 37 heavy (non-hydrogen) atoms. The van der Waals surface area contributed by atoms with E-state index in [4.69, 9.17) is 14.5 Å². The first-order chi connectivity index (χ1) is 17.2. The normalized spacial score (nSPS) is 16.6. The molecule has 4 heterocycles. The number of piperidine rings is 1. The van der Waals surface area contributed by atoms with E-state index in [1.807, 2.05) is 60.6 Å². The van der Waals surface area contributed by atoms with Crippen LogP contribution in [0.3, 0.4) is 0 Å². The average Bonchev–Trinajstić information content (AvgIpc) is 3.37. The number of aromatic nitrogens is 4. The van der Waals surface area contributed by atoms with Crippen molar-refractivity contribution in [1.82, 2.24) is 23.9 Å². The van der Waals surface area contributed by atoms with Crippen molar-refractivity contribution in [3.8, 4) is 0 Å². The second-order valence-corrected chi connectivity index (χ2v) is 12.8. The van der Waals surface area contributed by atoms with Gasteiger partial charge in [0, 0.05) is 25.1 Å². The molecule has 0 spiro atoms. The Labute approximate surface area is 229 Å². The van der Waals surface area contributed by atoms with Crippen LogP contribution >= 0.6 is 27.5 Å². The number of aryl methyl sites for hydroxylation is 1. The summed E-state index contributed by atoms with van der Waals surface area (Å²) in [7, 11) is 0. The number of halogens is 1. The van der Waals surface area contributed by atoms with Crippen molar-refractivity contribution in [2.24, 2.45) is 0 Å². The third-order valence-electron chi connectivity index (χ3n) is 5.56. The summed E-state index contributed by atoms with van der Waals surface area (Å²) in [5.74, 6) is 0.438. The highest BCUT2D eigenvalue weighted by molar-refractivity contribution is 9.10. The second-order valence-electron chi connectivity index (χ2n) is 11.2. The maximum Gasteiger partial charge on any atom is 0.421 e. The van der Waals surface area contributed by atoms with Gasteiger partial charge in [0.15, 0.2) is 5.65 Å². The van der Waals surface area contributed by atoms with Gasteiger partial charge in [-0.2, -0.15) is 14.0 Å². The Kier molecular flexibility index (Phi) is 7.53. The van der Waals surface area contributed by atoms with E-state index in [0.717, 1.165) is 24.2 Å². The number of fused-ring (bicyclic) bond motifs is 1. The number of likely N-dealkylation sites (tertiary alicyclic amines) is 1. The first kappa shape index (κ1) is 27.3. The van der Waals surface area contributed by atoms with Crippen LogP contribution in [0.2, 0.25) is 0 Å². The summed E-state index contributed by atoms with van der Waals surface area (Å²) in [4.78, 5) is 34.4. The van der Waals surface area contributed by atoms with Crippen LogP contribution in [0.15, 0.2) is 22.8 Å². The summed E-state index contributed by atoms with van der Waals surface area (Å²) in [6.07, 6.45) is 2.44. The van der Waals surface area contributed by atoms with Crippen molar-refractivity contribution in [2.75, 3.05) is 18.0 Å². The van der Waals surface area contributed by atoms with Crippen molar-refractivity contribution < 1.29 is 19.1 Å². The minimum Gasteiger partial charge on any atom is -0.444 e. The maximum absolute atomic E-state index is 13.5. The summed E-state index contributed by atoms with van der Waals surface area (Å²) in [5.41, 5.74) is 0.841. The van der Waals surface area contributed by atoms with Gasteiger partial charge in [-0.05, 0) is 94.8 Å². The standard InChI is InChI=1S/C25H33BrN6O4S/c1-15-11-20(37-29-15)31(23(34)36-25(5,6)7)19-12-18(28-21-17(26)13-27-32(19)21)16-9-8-10-30(14-16)22(33)35-24(2,3)4/h11-13,16H,8-10,14H2,1-7H3. The molecule has 1 aliphatic rings. The first-order valence-electron chi connectivity index (χ1n) is 12.2. The molecule has 1 atom stereocenters. The lowest BCUT2D eigenvalue weighted by Gasteiger charge is -2.34. The fraction of sp³-hybridized carbons (Fsp3) is 0.560. The molecule has 3 aromatic heterocycles. The summed E-state index contributed by atoms with van der Waals surface area (Å²) < 4.78 is 18.1. The molecule has 0 radical (unpaired) electrons. The van der Waals surface area contributed by atoms with Crippen LogP contribution in [0.5, 0.6) is 0 Å².